The van der Waals surface area contributed by atoms with Gasteiger partial charge in [0.2, 0.25) is 5.91 Å². The van der Waals surface area contributed by atoms with E-state index in [1.54, 1.807) is 0 Å². The predicted molar refractivity (Wildman–Crippen MR) is 79.8 cm³/mol. The van der Waals surface area contributed by atoms with Gasteiger partial charge in [-0.05, 0) is 44.4 Å². The van der Waals surface area contributed by atoms with Crippen molar-refractivity contribution in [1.29, 1.82) is 0 Å². The SMILES string of the molecule is Cc1ccc(CC(=O)Nc2nc(C)c(C)s2)cc1C. The Bertz CT molecular complexity index is 597. The van der Waals surface area contributed by atoms with Crippen LogP contribution in [0.4, 0.5) is 5.13 Å². The first-order valence-corrected chi connectivity index (χ1v) is 7.07. The molecule has 1 N–H and O–H groups in total. The molecule has 100 valence electrons. The van der Waals surface area contributed by atoms with E-state index in [4.69, 9.17) is 0 Å². The lowest BCUT2D eigenvalue weighted by atomic mass is 10.0. The molecule has 3 nitrogen and oxygen atoms in total. The number of thiazole rings is 1. The summed E-state index contributed by atoms with van der Waals surface area (Å²) in [5.41, 5.74) is 4.47. The highest BCUT2D eigenvalue weighted by Gasteiger charge is 2.09. The molecular weight excluding hydrogens is 256 g/mol. The van der Waals surface area contributed by atoms with E-state index in [2.05, 4.69) is 36.3 Å². The summed E-state index contributed by atoms with van der Waals surface area (Å²) in [6.45, 7) is 8.08. The number of nitrogens with zero attached hydrogens (tertiary/aromatic N) is 1. The molecule has 1 aromatic carbocycles. The van der Waals surface area contributed by atoms with Crippen molar-refractivity contribution in [3.63, 3.8) is 0 Å². The number of hydrogen-bond donors (Lipinski definition) is 1. The van der Waals surface area contributed by atoms with Crippen molar-refractivity contribution in [3.8, 4) is 0 Å². The van der Waals surface area contributed by atoms with Crippen LogP contribution in [-0.2, 0) is 11.2 Å². The smallest absolute Gasteiger partial charge is 0.230 e. The minimum atomic E-state index is -0.0167. The number of amides is 1. The summed E-state index contributed by atoms with van der Waals surface area (Å²) in [4.78, 5) is 17.4. The Hall–Kier alpha value is -1.68. The molecule has 0 aliphatic carbocycles. The van der Waals surface area contributed by atoms with Crippen molar-refractivity contribution in [2.24, 2.45) is 0 Å². The number of carbonyl (C=O) groups is 1. The van der Waals surface area contributed by atoms with Crippen molar-refractivity contribution < 1.29 is 4.79 Å². The highest BCUT2D eigenvalue weighted by atomic mass is 32.1. The third-order valence-electron chi connectivity index (χ3n) is 3.21. The maximum Gasteiger partial charge on any atom is 0.230 e. The molecule has 0 bridgehead atoms. The predicted octanol–water partition coefficient (Wildman–Crippen LogP) is 3.56. The minimum Gasteiger partial charge on any atom is -0.302 e. The highest BCUT2D eigenvalue weighted by molar-refractivity contribution is 7.15. The summed E-state index contributed by atoms with van der Waals surface area (Å²) in [7, 11) is 0. The maximum absolute atomic E-state index is 12.0. The number of nitrogens with one attached hydrogen (secondary N) is 1. The van der Waals surface area contributed by atoms with Crippen molar-refractivity contribution in [3.05, 3.63) is 45.5 Å². The fourth-order valence-electron chi connectivity index (χ4n) is 1.79. The largest absolute Gasteiger partial charge is 0.302 e. The molecule has 0 aliphatic heterocycles. The van der Waals surface area contributed by atoms with Gasteiger partial charge in [-0.2, -0.15) is 0 Å². The molecule has 0 radical (unpaired) electrons. The van der Waals surface area contributed by atoms with Crippen LogP contribution in [0.1, 0.15) is 27.3 Å². The van der Waals surface area contributed by atoms with E-state index in [0.29, 0.717) is 11.6 Å². The average molecular weight is 274 g/mol. The second-order valence-electron chi connectivity index (χ2n) is 4.80. The Morgan fingerprint density at radius 3 is 2.53 bits per heavy atom. The second-order valence-corrected chi connectivity index (χ2v) is 6.01. The van der Waals surface area contributed by atoms with Crippen LogP contribution < -0.4 is 5.32 Å². The molecule has 0 atom stereocenters. The van der Waals surface area contributed by atoms with Gasteiger partial charge in [0.15, 0.2) is 5.13 Å². The van der Waals surface area contributed by atoms with Gasteiger partial charge in [-0.1, -0.05) is 18.2 Å². The van der Waals surface area contributed by atoms with Crippen LogP contribution >= 0.6 is 11.3 Å². The molecule has 0 unspecified atom stereocenters. The van der Waals surface area contributed by atoms with E-state index in [-0.39, 0.29) is 5.91 Å². The van der Waals surface area contributed by atoms with Gasteiger partial charge in [0, 0.05) is 4.88 Å². The van der Waals surface area contributed by atoms with Crippen molar-refractivity contribution in [2.45, 2.75) is 34.1 Å². The van der Waals surface area contributed by atoms with Crippen molar-refractivity contribution in [1.82, 2.24) is 4.98 Å². The maximum atomic E-state index is 12.0. The van der Waals surface area contributed by atoms with Crippen molar-refractivity contribution in [2.75, 3.05) is 5.32 Å². The van der Waals surface area contributed by atoms with E-state index in [1.165, 1.54) is 22.5 Å². The molecule has 2 aromatic rings. The van der Waals surface area contributed by atoms with Gasteiger partial charge in [0.1, 0.15) is 0 Å². The summed E-state index contributed by atoms with van der Waals surface area (Å²) >= 11 is 1.52. The van der Waals surface area contributed by atoms with Crippen LogP contribution in [0.2, 0.25) is 0 Å². The van der Waals surface area contributed by atoms with Gasteiger partial charge in [-0.15, -0.1) is 11.3 Å². The summed E-state index contributed by atoms with van der Waals surface area (Å²) < 4.78 is 0. The zero-order valence-corrected chi connectivity index (χ0v) is 12.5. The van der Waals surface area contributed by atoms with Crippen LogP contribution in [0, 0.1) is 27.7 Å². The van der Waals surface area contributed by atoms with E-state index >= 15 is 0 Å². The molecule has 1 heterocycles. The lowest BCUT2D eigenvalue weighted by Crippen LogP contribution is -2.14. The number of hydrogen-bond acceptors (Lipinski definition) is 3. The molecule has 0 aliphatic rings. The summed E-state index contributed by atoms with van der Waals surface area (Å²) in [5.74, 6) is -0.0167. The third-order valence-corrected chi connectivity index (χ3v) is 4.20. The number of aromatic nitrogens is 1. The highest BCUT2D eigenvalue weighted by Crippen LogP contribution is 2.21. The molecule has 2 rings (SSSR count). The average Bonchev–Trinajstić information content (AvgIpc) is 2.63. The Morgan fingerprint density at radius 1 is 1.21 bits per heavy atom. The lowest BCUT2D eigenvalue weighted by Gasteiger charge is -2.05. The van der Waals surface area contributed by atoms with Crippen LogP contribution in [0.5, 0.6) is 0 Å². The lowest BCUT2D eigenvalue weighted by molar-refractivity contribution is -0.115. The zero-order valence-electron chi connectivity index (χ0n) is 11.7. The number of benzene rings is 1. The molecular formula is C15H18N2OS. The minimum absolute atomic E-state index is 0.0167. The molecule has 19 heavy (non-hydrogen) atoms. The van der Waals surface area contributed by atoms with Crippen molar-refractivity contribution >= 4 is 22.4 Å². The summed E-state index contributed by atoms with van der Waals surface area (Å²) in [6, 6.07) is 6.11. The summed E-state index contributed by atoms with van der Waals surface area (Å²) in [6.07, 6.45) is 0.388. The Balaban J connectivity index is 2.03. The number of carbonyl (C=O) groups excluding carboxylic acids is 1. The second kappa shape index (κ2) is 5.53. The molecule has 0 spiro atoms. The van der Waals surface area contributed by atoms with Gasteiger partial charge < -0.3 is 5.32 Å². The van der Waals surface area contributed by atoms with Crippen LogP contribution in [0.3, 0.4) is 0 Å². The van der Waals surface area contributed by atoms with Gasteiger partial charge in [-0.3, -0.25) is 4.79 Å². The van der Waals surface area contributed by atoms with E-state index in [0.717, 1.165) is 16.1 Å². The van der Waals surface area contributed by atoms with Crippen LogP contribution in [-0.4, -0.2) is 10.9 Å². The number of aryl methyl sites for hydroxylation is 4. The van der Waals surface area contributed by atoms with Gasteiger partial charge >= 0.3 is 0 Å². The molecule has 0 saturated heterocycles. The standard InChI is InChI=1S/C15H18N2OS/c1-9-5-6-13(7-10(9)2)8-14(18)17-15-16-11(3)12(4)19-15/h5-7H,8H2,1-4H3,(H,16,17,18). The third kappa shape index (κ3) is 3.41. The Kier molecular flexibility index (Phi) is 4.00. The fraction of sp³-hybridized carbons (Fsp3) is 0.333. The van der Waals surface area contributed by atoms with Crippen LogP contribution in [0.25, 0.3) is 0 Å². The van der Waals surface area contributed by atoms with Gasteiger partial charge in [-0.25, -0.2) is 4.98 Å². The topological polar surface area (TPSA) is 42.0 Å². The molecule has 1 amide bonds. The molecule has 0 saturated carbocycles. The molecule has 0 fully saturated rings. The van der Waals surface area contributed by atoms with Gasteiger partial charge in [0.25, 0.3) is 0 Å². The Morgan fingerprint density at radius 2 is 1.95 bits per heavy atom. The van der Waals surface area contributed by atoms with Gasteiger partial charge in [0.05, 0.1) is 12.1 Å². The quantitative estimate of drug-likeness (QED) is 0.930. The molecule has 4 heteroatoms. The number of anilines is 1. The van der Waals surface area contributed by atoms with Crippen LogP contribution in [0.15, 0.2) is 18.2 Å². The monoisotopic (exact) mass is 274 g/mol. The fourth-order valence-corrected chi connectivity index (χ4v) is 2.62. The zero-order chi connectivity index (χ0) is 14.0. The number of rotatable bonds is 3. The molecule has 1 aromatic heterocycles. The first-order chi connectivity index (χ1) is 8.95. The van der Waals surface area contributed by atoms with E-state index in [1.807, 2.05) is 19.9 Å². The Labute approximate surface area is 117 Å². The normalized spacial score (nSPS) is 10.5. The first kappa shape index (κ1) is 13.7. The summed E-state index contributed by atoms with van der Waals surface area (Å²) in [5, 5.41) is 3.54. The van der Waals surface area contributed by atoms with E-state index < -0.39 is 0 Å². The van der Waals surface area contributed by atoms with E-state index in [9.17, 15) is 4.79 Å². The first-order valence-electron chi connectivity index (χ1n) is 6.25.